The first-order chi connectivity index (χ1) is 17.5. The summed E-state index contributed by atoms with van der Waals surface area (Å²) in [6.45, 7) is -0.603. The van der Waals surface area contributed by atoms with Crippen molar-refractivity contribution in [3.8, 4) is 0 Å². The van der Waals surface area contributed by atoms with Gasteiger partial charge in [0.1, 0.15) is 6.17 Å². The molecule has 1 aliphatic heterocycles. The number of hydrogen-bond donors (Lipinski definition) is 5. The minimum atomic E-state index is -1.17. The lowest BCUT2D eigenvalue weighted by Crippen LogP contribution is -2.41. The fourth-order valence-corrected chi connectivity index (χ4v) is 4.26. The molecule has 0 spiro atoms. The molecule has 2 unspecified atom stereocenters. The smallest absolute Gasteiger partial charge is 0.305 e. The van der Waals surface area contributed by atoms with Crippen LogP contribution < -0.4 is 21.3 Å². The highest BCUT2D eigenvalue weighted by molar-refractivity contribution is 9.10. The maximum absolute atomic E-state index is 13.2. The minimum absolute atomic E-state index is 0.0121. The molecule has 2 aromatic rings. The van der Waals surface area contributed by atoms with E-state index >= 15 is 0 Å². The number of amides is 2. The Balaban J connectivity index is 1.69. The molecule has 0 aromatic heterocycles. The highest BCUT2D eigenvalue weighted by Gasteiger charge is 2.21. The zero-order valence-electron chi connectivity index (χ0n) is 19.0. The number of guanidine groups is 1. The number of halogens is 3. The summed E-state index contributed by atoms with van der Waals surface area (Å²) in [5, 5.41) is 31.3. The van der Waals surface area contributed by atoms with Crippen LogP contribution in [-0.4, -0.2) is 59.6 Å². The summed E-state index contributed by atoms with van der Waals surface area (Å²) in [6.07, 6.45) is -1.59. The number of hydrogen-bond acceptors (Lipinski definition) is 8. The molecule has 0 aliphatic carbocycles. The number of carboxylic acids is 1. The predicted molar refractivity (Wildman–Crippen MR) is 137 cm³/mol. The van der Waals surface area contributed by atoms with Gasteiger partial charge in [-0.1, -0.05) is 27.5 Å². The molecule has 1 aliphatic rings. The second-order valence-corrected chi connectivity index (χ2v) is 9.27. The van der Waals surface area contributed by atoms with Gasteiger partial charge in [0, 0.05) is 32.9 Å². The molecule has 12 nitrogen and oxygen atoms in total. The van der Waals surface area contributed by atoms with E-state index in [0.29, 0.717) is 15.1 Å². The van der Waals surface area contributed by atoms with Crippen molar-refractivity contribution < 1.29 is 28.8 Å². The third kappa shape index (κ3) is 8.39. The number of nitro benzene ring substituents is 1. The van der Waals surface area contributed by atoms with E-state index in [-0.39, 0.29) is 30.3 Å². The number of non-ortho nitro benzene ring substituents is 1. The maximum Gasteiger partial charge on any atom is 0.305 e. The maximum atomic E-state index is 13.2. The molecule has 0 bridgehead atoms. The highest BCUT2D eigenvalue weighted by atomic mass is 79.9. The molecular weight excluding hydrogens is 579 g/mol. The largest absolute Gasteiger partial charge is 0.481 e. The Labute approximate surface area is 222 Å². The molecule has 0 saturated carbocycles. The first-order valence-corrected chi connectivity index (χ1v) is 11.9. The summed E-state index contributed by atoms with van der Waals surface area (Å²) in [5.41, 5.74) is 0.0761. The second kappa shape index (κ2) is 12.5. The van der Waals surface area contributed by atoms with Gasteiger partial charge in [0.2, 0.25) is 5.91 Å². The van der Waals surface area contributed by atoms with Crippen LogP contribution in [0, 0.1) is 10.1 Å². The van der Waals surface area contributed by atoms with Crippen LogP contribution in [0.5, 0.6) is 0 Å². The number of aliphatic imine (C=N–C) groups is 1. The van der Waals surface area contributed by atoms with Crippen LogP contribution in [0.1, 0.15) is 28.4 Å². The van der Waals surface area contributed by atoms with Crippen molar-refractivity contribution in [1.29, 1.82) is 0 Å². The number of nitrogens with zero attached hydrogens (tertiary/aromatic N) is 2. The molecule has 0 radical (unpaired) electrons. The first-order valence-electron chi connectivity index (χ1n) is 10.7. The minimum Gasteiger partial charge on any atom is -0.481 e. The van der Waals surface area contributed by atoms with Gasteiger partial charge < -0.3 is 26.4 Å². The average molecular weight is 600 g/mol. The number of aliphatic carboxylic acids is 1. The Morgan fingerprint density at radius 2 is 2.03 bits per heavy atom. The number of alkyl halides is 1. The molecule has 2 atom stereocenters. The predicted octanol–water partition coefficient (Wildman–Crippen LogP) is 2.78. The lowest BCUT2D eigenvalue weighted by molar-refractivity contribution is -0.384. The van der Waals surface area contributed by atoms with Crippen LogP contribution in [0.15, 0.2) is 45.9 Å². The summed E-state index contributed by atoms with van der Waals surface area (Å²) in [5.74, 6) is -2.45. The number of rotatable bonds is 9. The highest BCUT2D eigenvalue weighted by Crippen LogP contribution is 2.26. The van der Waals surface area contributed by atoms with Crippen LogP contribution in [-0.2, 0) is 9.59 Å². The van der Waals surface area contributed by atoms with E-state index in [9.17, 15) is 34.0 Å². The fourth-order valence-electron chi connectivity index (χ4n) is 3.37. The molecule has 15 heteroatoms. The van der Waals surface area contributed by atoms with E-state index in [4.69, 9.17) is 11.6 Å². The van der Waals surface area contributed by atoms with Gasteiger partial charge in [-0.05, 0) is 29.8 Å². The molecular formula is C22H21BrClFN6O6. The SMILES string of the molecule is O=C(O)CC(NC(=O)CNC(=O)c1cc(NC2=NCC(F)CN2)cc([N+](=O)[O-])c1)c1cc(Cl)cc(Br)c1. The Hall–Kier alpha value is -3.78. The molecule has 196 valence electrons. The van der Waals surface area contributed by atoms with E-state index in [1.807, 2.05) is 0 Å². The Bertz CT molecular complexity index is 1240. The molecule has 2 aromatic carbocycles. The average Bonchev–Trinajstić information content (AvgIpc) is 2.82. The number of carbonyl (C=O) groups is 3. The number of nitrogens with one attached hydrogen (secondary N) is 4. The van der Waals surface area contributed by atoms with Gasteiger partial charge in [0.25, 0.3) is 11.6 Å². The molecule has 2 amide bonds. The Kier molecular flexibility index (Phi) is 9.36. The Morgan fingerprint density at radius 1 is 1.27 bits per heavy atom. The van der Waals surface area contributed by atoms with Crippen LogP contribution in [0.4, 0.5) is 15.8 Å². The monoisotopic (exact) mass is 598 g/mol. The molecule has 0 fully saturated rings. The van der Waals surface area contributed by atoms with Crippen molar-refractivity contribution in [3.63, 3.8) is 0 Å². The van der Waals surface area contributed by atoms with Crippen molar-refractivity contribution in [2.75, 3.05) is 25.0 Å². The van der Waals surface area contributed by atoms with Crippen LogP contribution in [0.2, 0.25) is 5.02 Å². The topological polar surface area (TPSA) is 175 Å². The quantitative estimate of drug-likeness (QED) is 0.216. The van der Waals surface area contributed by atoms with E-state index in [2.05, 4.69) is 42.2 Å². The van der Waals surface area contributed by atoms with Gasteiger partial charge >= 0.3 is 5.97 Å². The Morgan fingerprint density at radius 3 is 2.65 bits per heavy atom. The summed E-state index contributed by atoms with van der Waals surface area (Å²) in [4.78, 5) is 51.1. The van der Waals surface area contributed by atoms with Crippen LogP contribution in [0.25, 0.3) is 0 Å². The summed E-state index contributed by atoms with van der Waals surface area (Å²) < 4.78 is 13.8. The van der Waals surface area contributed by atoms with E-state index in [0.717, 1.165) is 6.07 Å². The number of carboxylic acid groups (broad SMARTS) is 1. The third-order valence-electron chi connectivity index (χ3n) is 5.00. The van der Waals surface area contributed by atoms with Crippen LogP contribution in [0.3, 0.4) is 0 Å². The van der Waals surface area contributed by atoms with Gasteiger partial charge in [-0.25, -0.2) is 9.38 Å². The van der Waals surface area contributed by atoms with Crippen molar-refractivity contribution in [2.45, 2.75) is 18.6 Å². The van der Waals surface area contributed by atoms with E-state index < -0.39 is 53.6 Å². The number of nitro groups is 1. The fraction of sp³-hybridized carbons (Fsp3) is 0.273. The standard InChI is InChI=1S/C22H21BrClFN6O6/c23-13-1-11(2-14(24)5-13)18(7-20(33)34)30-19(32)10-26-21(35)12-3-16(6-17(4-12)31(36)37)29-22-27-8-15(25)9-28-22/h1-6,15,18H,7-10H2,(H,26,35)(H,30,32)(H,33,34)(H2,27,28,29). The molecule has 1 heterocycles. The van der Waals surface area contributed by atoms with Crippen molar-refractivity contribution in [1.82, 2.24) is 16.0 Å². The van der Waals surface area contributed by atoms with Gasteiger partial charge in [0.15, 0.2) is 5.96 Å². The lowest BCUT2D eigenvalue weighted by Gasteiger charge is -2.19. The van der Waals surface area contributed by atoms with Crippen molar-refractivity contribution in [2.24, 2.45) is 4.99 Å². The molecule has 5 N–H and O–H groups in total. The summed E-state index contributed by atoms with van der Waals surface area (Å²) >= 11 is 9.29. The van der Waals surface area contributed by atoms with Gasteiger partial charge in [-0.2, -0.15) is 0 Å². The first kappa shape index (κ1) is 27.8. The second-order valence-electron chi connectivity index (χ2n) is 7.92. The lowest BCUT2D eigenvalue weighted by atomic mass is 10.0. The molecule has 3 rings (SSSR count). The summed E-state index contributed by atoms with van der Waals surface area (Å²) in [7, 11) is 0. The molecule has 0 saturated heterocycles. The van der Waals surface area contributed by atoms with E-state index in [1.165, 1.54) is 18.2 Å². The van der Waals surface area contributed by atoms with Gasteiger partial charge in [-0.15, -0.1) is 0 Å². The zero-order chi connectivity index (χ0) is 27.1. The van der Waals surface area contributed by atoms with E-state index in [1.54, 1.807) is 12.1 Å². The summed E-state index contributed by atoms with van der Waals surface area (Å²) in [6, 6.07) is 7.30. The third-order valence-corrected chi connectivity index (χ3v) is 5.68. The number of benzene rings is 2. The number of anilines is 1. The zero-order valence-corrected chi connectivity index (χ0v) is 21.3. The van der Waals surface area contributed by atoms with Crippen molar-refractivity contribution >= 4 is 62.6 Å². The van der Waals surface area contributed by atoms with Gasteiger partial charge in [0.05, 0.1) is 37.0 Å². The van der Waals surface area contributed by atoms with Crippen LogP contribution >= 0.6 is 27.5 Å². The van der Waals surface area contributed by atoms with Crippen molar-refractivity contribution in [3.05, 3.63) is 67.1 Å². The van der Waals surface area contributed by atoms with Gasteiger partial charge in [-0.3, -0.25) is 24.5 Å². The number of carbonyl (C=O) groups excluding carboxylic acids is 2. The molecule has 37 heavy (non-hydrogen) atoms. The normalized spacial score (nSPS) is 15.5.